The monoisotopic (exact) mass is 371 g/mol. The van der Waals surface area contributed by atoms with E-state index in [9.17, 15) is 15.4 Å². The van der Waals surface area contributed by atoms with Gasteiger partial charge in [-0.05, 0) is 17.5 Å². The summed E-state index contributed by atoms with van der Waals surface area (Å²) in [5.74, 6) is -0.329. The second kappa shape index (κ2) is 5.73. The maximum Gasteiger partial charge on any atom is 0.324 e. The van der Waals surface area contributed by atoms with Gasteiger partial charge in [-0.2, -0.15) is 5.26 Å². The summed E-state index contributed by atoms with van der Waals surface area (Å²) in [4.78, 5) is 12.1. The Labute approximate surface area is 148 Å². The van der Waals surface area contributed by atoms with Gasteiger partial charge in [0.25, 0.3) is 0 Å². The highest BCUT2D eigenvalue weighted by atomic mass is 32.1. The molecule has 4 heterocycles. The number of fused-ring (bicyclic) bond motifs is 1. The van der Waals surface area contributed by atoms with Crippen LogP contribution in [0.15, 0.2) is 41.1 Å². The van der Waals surface area contributed by atoms with Gasteiger partial charge in [0, 0.05) is 10.9 Å². The van der Waals surface area contributed by atoms with Gasteiger partial charge in [0.15, 0.2) is 0 Å². The molecule has 0 saturated carbocycles. The standard InChI is InChI=1S/C15H9N5O3S2/c16-6-7-11(8-3-4-10(25-8)20(21)22)12-13(9-2-1-5-24-9)18-19-15(12)23-14(7)17/h1-5,11H,17H2,(H,18,19)/t11-/m1/s1. The minimum Gasteiger partial charge on any atom is -0.420 e. The van der Waals surface area contributed by atoms with Crippen LogP contribution in [0.1, 0.15) is 16.4 Å². The minimum atomic E-state index is -0.566. The number of aromatic amines is 1. The third kappa shape index (κ3) is 2.37. The molecule has 3 aromatic heterocycles. The molecule has 8 nitrogen and oxygen atoms in total. The molecule has 0 fully saturated rings. The number of nitriles is 1. The average Bonchev–Trinajstić information content (AvgIpc) is 3.32. The number of rotatable bonds is 3. The highest BCUT2D eigenvalue weighted by molar-refractivity contribution is 7.15. The van der Waals surface area contributed by atoms with Crippen molar-refractivity contribution >= 4 is 27.7 Å². The highest BCUT2D eigenvalue weighted by Gasteiger charge is 2.37. The minimum absolute atomic E-state index is 0.0000663. The van der Waals surface area contributed by atoms with Crippen LogP contribution in [0.2, 0.25) is 0 Å². The van der Waals surface area contributed by atoms with Crippen molar-refractivity contribution in [2.24, 2.45) is 5.73 Å². The molecule has 0 unspecified atom stereocenters. The van der Waals surface area contributed by atoms with Crippen molar-refractivity contribution in [1.82, 2.24) is 10.2 Å². The van der Waals surface area contributed by atoms with Crippen molar-refractivity contribution < 1.29 is 9.66 Å². The van der Waals surface area contributed by atoms with Gasteiger partial charge in [-0.1, -0.05) is 17.4 Å². The Bertz CT molecular complexity index is 1040. The van der Waals surface area contributed by atoms with Gasteiger partial charge >= 0.3 is 5.00 Å². The van der Waals surface area contributed by atoms with E-state index in [-0.39, 0.29) is 22.3 Å². The molecule has 0 amide bonds. The summed E-state index contributed by atoms with van der Waals surface area (Å²) in [5.41, 5.74) is 7.46. The number of hydrogen-bond donors (Lipinski definition) is 2. The van der Waals surface area contributed by atoms with E-state index in [1.807, 2.05) is 17.5 Å². The van der Waals surface area contributed by atoms with E-state index in [0.717, 1.165) is 16.2 Å². The normalized spacial score (nSPS) is 16.2. The molecular weight excluding hydrogens is 362 g/mol. The zero-order chi connectivity index (χ0) is 17.6. The van der Waals surface area contributed by atoms with Crippen LogP contribution >= 0.6 is 22.7 Å². The zero-order valence-electron chi connectivity index (χ0n) is 12.4. The van der Waals surface area contributed by atoms with Crippen molar-refractivity contribution in [1.29, 1.82) is 5.26 Å². The number of H-pyrrole nitrogens is 1. The lowest BCUT2D eigenvalue weighted by atomic mass is 9.88. The van der Waals surface area contributed by atoms with Crippen LogP contribution in [0.4, 0.5) is 5.00 Å². The molecule has 0 saturated heterocycles. The number of hydrogen-bond acceptors (Lipinski definition) is 8. The molecular formula is C15H9N5O3S2. The van der Waals surface area contributed by atoms with Crippen LogP contribution in [0.5, 0.6) is 5.88 Å². The van der Waals surface area contributed by atoms with Gasteiger partial charge in [-0.3, -0.25) is 15.2 Å². The fraction of sp³-hybridized carbons (Fsp3) is 0.0667. The number of allylic oxidation sites excluding steroid dienone is 1. The Morgan fingerprint density at radius 2 is 2.28 bits per heavy atom. The SMILES string of the molecule is N#CC1=C(N)Oc2n[nH]c(-c3cccs3)c2[C@H]1c1ccc([N+](=O)[O-])s1. The van der Waals surface area contributed by atoms with Crippen LogP contribution in [0, 0.1) is 21.4 Å². The van der Waals surface area contributed by atoms with E-state index in [0.29, 0.717) is 16.1 Å². The molecule has 1 aliphatic rings. The Morgan fingerprint density at radius 3 is 2.92 bits per heavy atom. The second-order valence-corrected chi connectivity index (χ2v) is 7.19. The van der Waals surface area contributed by atoms with Gasteiger partial charge in [0.05, 0.1) is 27.0 Å². The Balaban J connectivity index is 1.94. The molecule has 0 bridgehead atoms. The van der Waals surface area contributed by atoms with E-state index in [4.69, 9.17) is 10.5 Å². The van der Waals surface area contributed by atoms with Crippen LogP contribution in [0.3, 0.4) is 0 Å². The quantitative estimate of drug-likeness (QED) is 0.536. The Hall–Kier alpha value is -3.16. The molecule has 0 spiro atoms. The molecule has 3 N–H and O–H groups in total. The molecule has 4 rings (SSSR count). The average molecular weight is 371 g/mol. The molecule has 3 aromatic rings. The van der Waals surface area contributed by atoms with E-state index in [1.54, 1.807) is 6.07 Å². The van der Waals surface area contributed by atoms with Crippen molar-refractivity contribution in [3.63, 3.8) is 0 Å². The molecule has 124 valence electrons. The number of nitrogens with one attached hydrogen (secondary N) is 1. The lowest BCUT2D eigenvalue weighted by Gasteiger charge is -2.22. The molecule has 10 heteroatoms. The molecule has 1 aliphatic heterocycles. The van der Waals surface area contributed by atoms with Crippen molar-refractivity contribution in [2.75, 3.05) is 0 Å². The second-order valence-electron chi connectivity index (χ2n) is 5.15. The largest absolute Gasteiger partial charge is 0.420 e. The third-order valence-electron chi connectivity index (χ3n) is 3.78. The summed E-state index contributed by atoms with van der Waals surface area (Å²) in [6.45, 7) is 0. The first kappa shape index (κ1) is 15.4. The van der Waals surface area contributed by atoms with Crippen molar-refractivity contribution in [3.05, 3.63) is 61.7 Å². The van der Waals surface area contributed by atoms with Crippen molar-refractivity contribution in [2.45, 2.75) is 5.92 Å². The first-order chi connectivity index (χ1) is 12.1. The predicted octanol–water partition coefficient (Wildman–Crippen LogP) is 3.33. The van der Waals surface area contributed by atoms with Gasteiger partial charge < -0.3 is 10.5 Å². The van der Waals surface area contributed by atoms with Gasteiger partial charge in [-0.25, -0.2) is 0 Å². The summed E-state index contributed by atoms with van der Waals surface area (Å²) in [5, 5.41) is 29.6. The third-order valence-corrected chi connectivity index (χ3v) is 5.77. The molecule has 25 heavy (non-hydrogen) atoms. The van der Waals surface area contributed by atoms with E-state index >= 15 is 0 Å². The molecule has 1 atom stereocenters. The van der Waals surface area contributed by atoms with Gasteiger partial charge in [-0.15, -0.1) is 16.4 Å². The molecule has 0 aromatic carbocycles. The predicted molar refractivity (Wildman–Crippen MR) is 92.2 cm³/mol. The number of nitro groups is 1. The topological polar surface area (TPSA) is 131 Å². The Kier molecular flexibility index (Phi) is 3.52. The maximum atomic E-state index is 11.0. The summed E-state index contributed by atoms with van der Waals surface area (Å²) in [7, 11) is 0. The lowest BCUT2D eigenvalue weighted by Crippen LogP contribution is -2.20. The first-order valence-corrected chi connectivity index (χ1v) is 8.73. The fourth-order valence-electron chi connectivity index (χ4n) is 2.73. The number of aromatic nitrogens is 2. The van der Waals surface area contributed by atoms with E-state index < -0.39 is 10.8 Å². The van der Waals surface area contributed by atoms with Crippen LogP contribution in [-0.4, -0.2) is 15.1 Å². The van der Waals surface area contributed by atoms with Gasteiger partial charge in [0.1, 0.15) is 11.6 Å². The summed E-state index contributed by atoms with van der Waals surface area (Å²) in [6, 6.07) is 8.95. The smallest absolute Gasteiger partial charge is 0.324 e. The highest BCUT2D eigenvalue weighted by Crippen LogP contribution is 2.48. The van der Waals surface area contributed by atoms with Crippen LogP contribution in [0.25, 0.3) is 10.6 Å². The van der Waals surface area contributed by atoms with Gasteiger partial charge in [0.2, 0.25) is 11.8 Å². The molecule has 0 radical (unpaired) electrons. The first-order valence-electron chi connectivity index (χ1n) is 7.04. The Morgan fingerprint density at radius 1 is 1.44 bits per heavy atom. The summed E-state index contributed by atoms with van der Waals surface area (Å²) in [6.07, 6.45) is 0. The summed E-state index contributed by atoms with van der Waals surface area (Å²) >= 11 is 2.52. The zero-order valence-corrected chi connectivity index (χ0v) is 14.1. The van der Waals surface area contributed by atoms with Crippen LogP contribution in [-0.2, 0) is 0 Å². The lowest BCUT2D eigenvalue weighted by molar-refractivity contribution is -0.380. The van der Waals surface area contributed by atoms with E-state index in [1.165, 1.54) is 17.4 Å². The number of thiophene rings is 2. The summed E-state index contributed by atoms with van der Waals surface area (Å²) < 4.78 is 5.49. The maximum absolute atomic E-state index is 11.0. The van der Waals surface area contributed by atoms with Crippen LogP contribution < -0.4 is 10.5 Å². The number of ether oxygens (including phenoxy) is 1. The van der Waals surface area contributed by atoms with Crippen molar-refractivity contribution in [3.8, 4) is 22.5 Å². The van der Waals surface area contributed by atoms with E-state index in [2.05, 4.69) is 16.3 Å². The number of nitrogens with zero attached hydrogens (tertiary/aromatic N) is 3. The fourth-order valence-corrected chi connectivity index (χ4v) is 4.41. The molecule has 0 aliphatic carbocycles. The number of nitrogens with two attached hydrogens (primary N) is 1.